The van der Waals surface area contributed by atoms with Crippen LogP contribution >= 0.6 is 11.8 Å². The highest BCUT2D eigenvalue weighted by Crippen LogP contribution is 2.16. The number of nitrogens with two attached hydrogens (primary N) is 1. The number of hydrogen-bond acceptors (Lipinski definition) is 8. The van der Waals surface area contributed by atoms with Crippen molar-refractivity contribution in [3.63, 3.8) is 0 Å². The van der Waals surface area contributed by atoms with E-state index in [1.807, 2.05) is 6.92 Å². The van der Waals surface area contributed by atoms with E-state index in [0.29, 0.717) is 24.3 Å². The van der Waals surface area contributed by atoms with Gasteiger partial charge >= 0.3 is 6.01 Å². The Labute approximate surface area is 98.1 Å². The molecule has 7 nitrogen and oxygen atoms in total. The molecule has 16 heavy (non-hydrogen) atoms. The number of anilines is 1. The number of nitrogens with zero attached hydrogens (tertiary/aromatic N) is 3. The molecule has 1 rings (SSSR count). The lowest BCUT2D eigenvalue weighted by Gasteiger charge is -2.05. The molecule has 0 amide bonds. The maximum Gasteiger partial charge on any atom is 0.322 e. The minimum atomic E-state index is 0.269. The van der Waals surface area contributed by atoms with E-state index in [4.69, 9.17) is 15.3 Å². The summed E-state index contributed by atoms with van der Waals surface area (Å²) in [6.07, 6.45) is 0. The number of nitrogen functional groups attached to an aromatic ring is 1. The first-order chi connectivity index (χ1) is 7.80. The van der Waals surface area contributed by atoms with E-state index in [-0.39, 0.29) is 6.01 Å². The maximum atomic E-state index is 5.25. The molecular weight excluding hydrogens is 230 g/mol. The minimum absolute atomic E-state index is 0.269. The Morgan fingerprint density at radius 3 is 2.81 bits per heavy atom. The number of rotatable bonds is 7. The summed E-state index contributed by atoms with van der Waals surface area (Å²) >= 11 is 1.45. The Kier molecular flexibility index (Phi) is 5.83. The van der Waals surface area contributed by atoms with E-state index in [2.05, 4.69) is 20.4 Å². The van der Waals surface area contributed by atoms with Crippen LogP contribution in [-0.4, -0.2) is 41.0 Å². The molecule has 0 fully saturated rings. The van der Waals surface area contributed by atoms with Gasteiger partial charge in [-0.2, -0.15) is 15.0 Å². The van der Waals surface area contributed by atoms with Gasteiger partial charge in [0.05, 0.1) is 13.2 Å². The van der Waals surface area contributed by atoms with Crippen molar-refractivity contribution in [3.05, 3.63) is 0 Å². The van der Waals surface area contributed by atoms with Crippen molar-refractivity contribution in [2.45, 2.75) is 12.1 Å². The first-order valence-electron chi connectivity index (χ1n) is 4.77. The average molecular weight is 245 g/mol. The van der Waals surface area contributed by atoms with Crippen LogP contribution in [0.4, 0.5) is 5.95 Å². The van der Waals surface area contributed by atoms with Crippen LogP contribution in [0.15, 0.2) is 5.16 Å². The zero-order valence-electron chi connectivity index (χ0n) is 9.27. The Balaban J connectivity index is 2.69. The molecule has 90 valence electrons. The molecule has 0 aromatic carbocycles. The fourth-order valence-electron chi connectivity index (χ4n) is 0.877. The highest BCUT2D eigenvalue weighted by Gasteiger charge is 2.06. The van der Waals surface area contributed by atoms with Gasteiger partial charge in [0.25, 0.3) is 0 Å². The monoisotopic (exact) mass is 245 g/mol. The maximum absolute atomic E-state index is 5.25. The van der Waals surface area contributed by atoms with Crippen LogP contribution in [0, 0.1) is 0 Å². The third kappa shape index (κ3) is 4.17. The molecule has 0 saturated heterocycles. The predicted octanol–water partition coefficient (Wildman–Crippen LogP) is 0.294. The van der Waals surface area contributed by atoms with Crippen molar-refractivity contribution >= 4 is 17.7 Å². The zero-order chi connectivity index (χ0) is 11.8. The largest absolute Gasteiger partial charge is 0.464 e. The second-order valence-corrected chi connectivity index (χ2v) is 3.70. The lowest BCUT2D eigenvalue weighted by atomic mass is 10.8. The lowest BCUT2D eigenvalue weighted by Crippen LogP contribution is -2.13. The molecule has 0 spiro atoms. The molecule has 1 aromatic heterocycles. The number of nitrogens with one attached hydrogen (secondary N) is 1. The summed E-state index contributed by atoms with van der Waals surface area (Å²) in [7, 11) is 1.65. The van der Waals surface area contributed by atoms with Crippen LogP contribution in [0.1, 0.15) is 6.92 Å². The molecule has 0 saturated carbocycles. The van der Waals surface area contributed by atoms with Gasteiger partial charge in [0.1, 0.15) is 0 Å². The second-order valence-electron chi connectivity index (χ2n) is 2.64. The number of hydrazine groups is 1. The third-order valence-corrected chi connectivity index (χ3v) is 2.33. The first-order valence-corrected chi connectivity index (χ1v) is 5.76. The van der Waals surface area contributed by atoms with Crippen molar-refractivity contribution in [1.82, 2.24) is 15.0 Å². The van der Waals surface area contributed by atoms with Gasteiger partial charge in [-0.15, -0.1) is 0 Å². The molecule has 8 heteroatoms. The fourth-order valence-corrected chi connectivity index (χ4v) is 1.60. The summed E-state index contributed by atoms with van der Waals surface area (Å²) in [4.78, 5) is 12.1. The molecule has 1 heterocycles. The van der Waals surface area contributed by atoms with E-state index in [9.17, 15) is 0 Å². The summed E-state index contributed by atoms with van der Waals surface area (Å²) in [5, 5.41) is 0.559. The summed E-state index contributed by atoms with van der Waals surface area (Å²) in [6, 6.07) is 0.269. The van der Waals surface area contributed by atoms with Gasteiger partial charge in [0.15, 0.2) is 5.16 Å². The summed E-state index contributed by atoms with van der Waals surface area (Å²) < 4.78 is 10.1. The van der Waals surface area contributed by atoms with E-state index in [1.54, 1.807) is 7.11 Å². The fraction of sp³-hybridized carbons (Fsp3) is 0.625. The van der Waals surface area contributed by atoms with Gasteiger partial charge < -0.3 is 9.47 Å². The second kappa shape index (κ2) is 7.20. The number of ether oxygens (including phenoxy) is 2. The van der Waals surface area contributed by atoms with E-state index in [1.165, 1.54) is 11.8 Å². The van der Waals surface area contributed by atoms with Crippen LogP contribution in [0.2, 0.25) is 0 Å². The Morgan fingerprint density at radius 1 is 1.38 bits per heavy atom. The molecule has 0 unspecified atom stereocenters. The SMILES string of the molecule is CCOc1nc(NN)nc(SCCOC)n1. The topological polar surface area (TPSA) is 95.2 Å². The minimum Gasteiger partial charge on any atom is -0.464 e. The number of hydrogen-bond donors (Lipinski definition) is 2. The van der Waals surface area contributed by atoms with Crippen LogP contribution in [0.3, 0.4) is 0 Å². The molecular formula is C8H15N5O2S. The van der Waals surface area contributed by atoms with Crippen molar-refractivity contribution < 1.29 is 9.47 Å². The Hall–Kier alpha value is -1.12. The van der Waals surface area contributed by atoms with Crippen molar-refractivity contribution in [1.29, 1.82) is 0 Å². The number of aromatic nitrogens is 3. The summed E-state index contributed by atoms with van der Waals surface area (Å²) in [5.41, 5.74) is 2.37. The van der Waals surface area contributed by atoms with Gasteiger partial charge in [-0.05, 0) is 6.92 Å². The smallest absolute Gasteiger partial charge is 0.322 e. The quantitative estimate of drug-likeness (QED) is 0.306. The van der Waals surface area contributed by atoms with Gasteiger partial charge in [-0.1, -0.05) is 11.8 Å². The molecule has 0 aliphatic rings. The predicted molar refractivity (Wildman–Crippen MR) is 61.4 cm³/mol. The molecule has 0 atom stereocenters. The molecule has 0 bridgehead atoms. The normalized spacial score (nSPS) is 10.2. The van der Waals surface area contributed by atoms with E-state index in [0.717, 1.165) is 5.75 Å². The van der Waals surface area contributed by atoms with Gasteiger partial charge in [-0.3, -0.25) is 5.43 Å². The molecule has 0 aliphatic carbocycles. The highest BCUT2D eigenvalue weighted by molar-refractivity contribution is 7.99. The van der Waals surface area contributed by atoms with Crippen LogP contribution in [0.25, 0.3) is 0 Å². The standard InChI is InChI=1S/C8H15N5O2S/c1-3-15-7-10-6(13-9)11-8(12-7)16-5-4-14-2/h3-5,9H2,1-2H3,(H,10,11,12,13). The number of thioether (sulfide) groups is 1. The van der Waals surface area contributed by atoms with Crippen molar-refractivity contribution in [2.75, 3.05) is 31.5 Å². The Morgan fingerprint density at radius 2 is 2.19 bits per heavy atom. The molecule has 3 N–H and O–H groups in total. The van der Waals surface area contributed by atoms with E-state index < -0.39 is 0 Å². The molecule has 0 aliphatic heterocycles. The van der Waals surface area contributed by atoms with Crippen LogP contribution in [-0.2, 0) is 4.74 Å². The van der Waals surface area contributed by atoms with E-state index >= 15 is 0 Å². The van der Waals surface area contributed by atoms with Gasteiger partial charge in [0.2, 0.25) is 5.95 Å². The zero-order valence-corrected chi connectivity index (χ0v) is 10.1. The summed E-state index contributed by atoms with van der Waals surface area (Å²) in [5.74, 6) is 6.30. The molecule has 0 radical (unpaired) electrons. The first kappa shape index (κ1) is 12.9. The molecule has 1 aromatic rings. The lowest BCUT2D eigenvalue weighted by molar-refractivity contribution is 0.218. The van der Waals surface area contributed by atoms with Crippen molar-refractivity contribution in [2.24, 2.45) is 5.84 Å². The third-order valence-electron chi connectivity index (χ3n) is 1.52. The number of methoxy groups -OCH3 is 1. The van der Waals surface area contributed by atoms with Crippen molar-refractivity contribution in [3.8, 4) is 6.01 Å². The summed E-state index contributed by atoms with van der Waals surface area (Å²) in [6.45, 7) is 2.99. The average Bonchev–Trinajstić information content (AvgIpc) is 2.29. The Bertz CT molecular complexity index is 325. The van der Waals surface area contributed by atoms with Crippen LogP contribution < -0.4 is 16.0 Å². The van der Waals surface area contributed by atoms with Gasteiger partial charge in [0, 0.05) is 12.9 Å². The highest BCUT2D eigenvalue weighted by atomic mass is 32.2. The van der Waals surface area contributed by atoms with Gasteiger partial charge in [-0.25, -0.2) is 5.84 Å². The van der Waals surface area contributed by atoms with Crippen LogP contribution in [0.5, 0.6) is 6.01 Å².